The molecule has 27 heavy (non-hydrogen) atoms. The third-order valence-corrected chi connectivity index (χ3v) is 7.44. The van der Waals surface area contributed by atoms with E-state index in [-0.39, 0.29) is 10.8 Å². The zero-order chi connectivity index (χ0) is 19.4. The van der Waals surface area contributed by atoms with Crippen LogP contribution < -0.4 is 5.32 Å². The van der Waals surface area contributed by atoms with E-state index in [1.54, 1.807) is 23.9 Å². The minimum absolute atomic E-state index is 0.177. The Morgan fingerprint density at radius 2 is 1.85 bits per heavy atom. The van der Waals surface area contributed by atoms with Crippen LogP contribution in [-0.2, 0) is 10.0 Å². The van der Waals surface area contributed by atoms with Gasteiger partial charge < -0.3 is 5.32 Å². The van der Waals surface area contributed by atoms with Gasteiger partial charge in [0, 0.05) is 23.5 Å². The van der Waals surface area contributed by atoms with Gasteiger partial charge in [0.05, 0.1) is 10.6 Å². The van der Waals surface area contributed by atoms with E-state index in [4.69, 9.17) is 0 Å². The molecule has 1 N–H and O–H groups in total. The number of carbonyl (C=O) groups excluding carboxylic acids is 1. The van der Waals surface area contributed by atoms with Gasteiger partial charge in [0.1, 0.15) is 0 Å². The van der Waals surface area contributed by atoms with E-state index in [2.05, 4.69) is 12.2 Å². The van der Waals surface area contributed by atoms with E-state index >= 15 is 0 Å². The van der Waals surface area contributed by atoms with Crippen LogP contribution in [0.5, 0.6) is 0 Å². The topological polar surface area (TPSA) is 66.5 Å². The smallest absolute Gasteiger partial charge is 0.256 e. The first-order valence-electron chi connectivity index (χ1n) is 9.07. The molecule has 0 aromatic heterocycles. The van der Waals surface area contributed by atoms with Crippen LogP contribution in [0, 0.1) is 6.92 Å². The summed E-state index contributed by atoms with van der Waals surface area (Å²) in [6.07, 6.45) is 1.76. The van der Waals surface area contributed by atoms with Gasteiger partial charge in [-0.05, 0) is 55.3 Å². The van der Waals surface area contributed by atoms with Crippen molar-refractivity contribution in [2.75, 3.05) is 24.2 Å². The second-order valence-electron chi connectivity index (χ2n) is 6.47. The summed E-state index contributed by atoms with van der Waals surface area (Å²) in [7, 11) is -3.55. The lowest BCUT2D eigenvalue weighted by atomic mass is 10.1. The highest BCUT2D eigenvalue weighted by molar-refractivity contribution is 7.99. The van der Waals surface area contributed by atoms with E-state index in [0.29, 0.717) is 18.7 Å². The lowest BCUT2D eigenvalue weighted by Gasteiger charge is -2.17. The van der Waals surface area contributed by atoms with Gasteiger partial charge in [-0.2, -0.15) is 4.31 Å². The van der Waals surface area contributed by atoms with Crippen molar-refractivity contribution < 1.29 is 13.2 Å². The number of hydrogen-bond acceptors (Lipinski definition) is 4. The molecule has 2 aromatic carbocycles. The molecule has 7 heteroatoms. The highest BCUT2D eigenvalue weighted by Gasteiger charge is 2.28. The van der Waals surface area contributed by atoms with Gasteiger partial charge in [-0.1, -0.05) is 25.1 Å². The Hall–Kier alpha value is -1.83. The Labute approximate surface area is 165 Å². The third kappa shape index (κ3) is 4.36. The zero-order valence-corrected chi connectivity index (χ0v) is 17.2. The standard InChI is InChI=1S/C20H24N2O3S2/c1-3-26-19-9-5-4-8-18(19)21-20(23)17-14-16(11-10-15(17)2)27(24,25)22-12-6-7-13-22/h4-5,8-11,14H,3,6-7,12-13H2,1-2H3,(H,21,23). The van der Waals surface area contributed by atoms with Gasteiger partial charge in [-0.15, -0.1) is 11.8 Å². The van der Waals surface area contributed by atoms with Crippen LogP contribution in [0.25, 0.3) is 0 Å². The molecule has 1 saturated heterocycles. The maximum absolute atomic E-state index is 12.9. The predicted molar refractivity (Wildman–Crippen MR) is 110 cm³/mol. The molecule has 3 rings (SSSR count). The number of thioether (sulfide) groups is 1. The molecule has 0 saturated carbocycles. The van der Waals surface area contributed by atoms with E-state index in [1.165, 1.54) is 10.4 Å². The van der Waals surface area contributed by atoms with Crippen molar-refractivity contribution in [2.24, 2.45) is 0 Å². The molecule has 0 aliphatic carbocycles. The number of sulfonamides is 1. The van der Waals surface area contributed by atoms with Crippen molar-refractivity contribution in [2.45, 2.75) is 36.5 Å². The molecule has 0 spiro atoms. The van der Waals surface area contributed by atoms with Crippen molar-refractivity contribution in [3.05, 3.63) is 53.6 Å². The Morgan fingerprint density at radius 3 is 2.56 bits per heavy atom. The lowest BCUT2D eigenvalue weighted by Crippen LogP contribution is -2.28. The molecule has 1 aliphatic heterocycles. The first kappa shape index (κ1) is 19.9. The quantitative estimate of drug-likeness (QED) is 0.735. The summed E-state index contributed by atoms with van der Waals surface area (Å²) in [5.41, 5.74) is 1.86. The molecule has 0 unspecified atom stereocenters. The molecule has 0 atom stereocenters. The number of rotatable bonds is 6. The number of amides is 1. The van der Waals surface area contributed by atoms with Crippen LogP contribution in [0.3, 0.4) is 0 Å². The van der Waals surface area contributed by atoms with Crippen LogP contribution in [-0.4, -0.2) is 37.5 Å². The number of para-hydroxylation sites is 1. The van der Waals surface area contributed by atoms with Crippen LogP contribution in [0.15, 0.2) is 52.3 Å². The average molecular weight is 405 g/mol. The predicted octanol–water partition coefficient (Wildman–Crippen LogP) is 4.14. The fraction of sp³-hybridized carbons (Fsp3) is 0.350. The number of nitrogens with one attached hydrogen (secondary N) is 1. The second kappa shape index (κ2) is 8.46. The molecule has 0 bridgehead atoms. The summed E-state index contributed by atoms with van der Waals surface area (Å²) in [4.78, 5) is 14.0. The number of carbonyl (C=O) groups is 1. The van der Waals surface area contributed by atoms with E-state index < -0.39 is 10.0 Å². The maximum Gasteiger partial charge on any atom is 0.256 e. The molecule has 144 valence electrons. The number of aryl methyl sites for hydroxylation is 1. The molecular weight excluding hydrogens is 380 g/mol. The third-order valence-electron chi connectivity index (χ3n) is 4.59. The van der Waals surface area contributed by atoms with Crippen LogP contribution in [0.1, 0.15) is 35.7 Å². The van der Waals surface area contributed by atoms with Crippen molar-refractivity contribution in [3.63, 3.8) is 0 Å². The molecule has 1 fully saturated rings. The fourth-order valence-corrected chi connectivity index (χ4v) is 5.43. The van der Waals surface area contributed by atoms with E-state index in [0.717, 1.165) is 34.7 Å². The van der Waals surface area contributed by atoms with Gasteiger partial charge in [-0.3, -0.25) is 4.79 Å². The lowest BCUT2D eigenvalue weighted by molar-refractivity contribution is 0.102. The van der Waals surface area contributed by atoms with Crippen molar-refractivity contribution in [1.29, 1.82) is 0 Å². The highest BCUT2D eigenvalue weighted by atomic mass is 32.2. The van der Waals surface area contributed by atoms with E-state index in [9.17, 15) is 13.2 Å². The summed E-state index contributed by atoms with van der Waals surface area (Å²) >= 11 is 1.65. The summed E-state index contributed by atoms with van der Waals surface area (Å²) in [6.45, 7) is 4.95. The number of nitrogens with zero attached hydrogens (tertiary/aromatic N) is 1. The van der Waals surface area contributed by atoms with E-state index in [1.807, 2.05) is 31.2 Å². The molecule has 1 heterocycles. The summed E-state index contributed by atoms with van der Waals surface area (Å²) in [5.74, 6) is 0.602. The van der Waals surface area contributed by atoms with Gasteiger partial charge in [0.25, 0.3) is 5.91 Å². The van der Waals surface area contributed by atoms with Crippen molar-refractivity contribution >= 4 is 33.4 Å². The van der Waals surface area contributed by atoms with Gasteiger partial charge in [0.15, 0.2) is 0 Å². The van der Waals surface area contributed by atoms with Gasteiger partial charge >= 0.3 is 0 Å². The van der Waals surface area contributed by atoms with Crippen molar-refractivity contribution in [1.82, 2.24) is 4.31 Å². The zero-order valence-electron chi connectivity index (χ0n) is 15.6. The maximum atomic E-state index is 12.9. The Balaban J connectivity index is 1.89. The number of hydrogen-bond donors (Lipinski definition) is 1. The Bertz CT molecular complexity index is 936. The van der Waals surface area contributed by atoms with Crippen LogP contribution >= 0.6 is 11.8 Å². The first-order chi connectivity index (χ1) is 12.9. The van der Waals surface area contributed by atoms with Crippen LogP contribution in [0.4, 0.5) is 5.69 Å². The second-order valence-corrected chi connectivity index (χ2v) is 9.72. The molecule has 2 aromatic rings. The summed E-state index contributed by atoms with van der Waals surface area (Å²) in [6, 6.07) is 12.4. The normalized spacial score (nSPS) is 15.0. The molecule has 5 nitrogen and oxygen atoms in total. The highest BCUT2D eigenvalue weighted by Crippen LogP contribution is 2.28. The molecule has 0 radical (unpaired) electrons. The minimum Gasteiger partial charge on any atom is -0.321 e. The minimum atomic E-state index is -3.55. The van der Waals surface area contributed by atoms with Crippen LogP contribution in [0.2, 0.25) is 0 Å². The number of anilines is 1. The fourth-order valence-electron chi connectivity index (χ4n) is 3.12. The van der Waals surface area contributed by atoms with Crippen molar-refractivity contribution in [3.8, 4) is 0 Å². The Morgan fingerprint density at radius 1 is 1.15 bits per heavy atom. The monoisotopic (exact) mass is 404 g/mol. The van der Waals surface area contributed by atoms with Gasteiger partial charge in [0.2, 0.25) is 10.0 Å². The SMILES string of the molecule is CCSc1ccccc1NC(=O)c1cc(S(=O)(=O)N2CCCC2)ccc1C. The number of benzene rings is 2. The largest absolute Gasteiger partial charge is 0.321 e. The van der Waals surface area contributed by atoms with Gasteiger partial charge in [-0.25, -0.2) is 8.42 Å². The summed E-state index contributed by atoms with van der Waals surface area (Å²) < 4.78 is 27.1. The Kier molecular flexibility index (Phi) is 6.24. The average Bonchev–Trinajstić information content (AvgIpc) is 3.19. The molecular formula is C20H24N2O3S2. The molecule has 1 aliphatic rings. The molecule has 1 amide bonds. The summed E-state index contributed by atoms with van der Waals surface area (Å²) in [5, 5.41) is 2.93. The first-order valence-corrected chi connectivity index (χ1v) is 11.5.